The first-order valence-corrected chi connectivity index (χ1v) is 11.1. The summed E-state index contributed by atoms with van der Waals surface area (Å²) in [6.07, 6.45) is 7.37. The number of thioether (sulfide) groups is 1. The summed E-state index contributed by atoms with van der Waals surface area (Å²) in [5.41, 5.74) is 3.48. The van der Waals surface area contributed by atoms with E-state index in [2.05, 4.69) is 71.9 Å². The Labute approximate surface area is 162 Å². The van der Waals surface area contributed by atoms with E-state index in [-0.39, 0.29) is 0 Å². The van der Waals surface area contributed by atoms with Gasteiger partial charge < -0.3 is 0 Å². The molecule has 0 aliphatic carbocycles. The van der Waals surface area contributed by atoms with Crippen molar-refractivity contribution >= 4 is 33.3 Å². The summed E-state index contributed by atoms with van der Waals surface area (Å²) >= 11 is 3.71. The number of fused-ring (bicyclic) bond motifs is 1. The number of para-hydroxylation sites is 1. The predicted molar refractivity (Wildman–Crippen MR) is 116 cm³/mol. The highest BCUT2D eigenvalue weighted by atomic mass is 32.2. The number of thiazole rings is 1. The molecule has 1 aromatic carbocycles. The van der Waals surface area contributed by atoms with Crippen molar-refractivity contribution in [2.75, 3.05) is 5.75 Å². The van der Waals surface area contributed by atoms with E-state index in [1.165, 1.54) is 28.3 Å². The Balaban J connectivity index is 2.02. The molecule has 1 aromatic heterocycles. The standard InChI is InChI=1S/C22H33NS2/c1-7-22(5,6)14-10-11-17(15-21(2,3)4)16-24-20-23-18-12-8-9-13-19(18)25-20/h8-9,11-13H,7,10,14-16H2,1-6H3/b17-11-. The minimum absolute atomic E-state index is 0.334. The molecule has 25 heavy (non-hydrogen) atoms. The first kappa shape index (κ1) is 20.5. The van der Waals surface area contributed by atoms with Gasteiger partial charge >= 0.3 is 0 Å². The topological polar surface area (TPSA) is 12.9 Å². The van der Waals surface area contributed by atoms with Gasteiger partial charge in [-0.05, 0) is 42.2 Å². The quantitative estimate of drug-likeness (QED) is 0.343. The van der Waals surface area contributed by atoms with Crippen molar-refractivity contribution in [3.63, 3.8) is 0 Å². The van der Waals surface area contributed by atoms with Crippen LogP contribution in [-0.2, 0) is 0 Å². The molecule has 1 nitrogen and oxygen atoms in total. The number of aromatic nitrogens is 1. The van der Waals surface area contributed by atoms with Crippen LogP contribution in [0.15, 0.2) is 40.3 Å². The number of rotatable bonds is 8. The zero-order chi connectivity index (χ0) is 18.5. The van der Waals surface area contributed by atoms with E-state index in [9.17, 15) is 0 Å². The lowest BCUT2D eigenvalue weighted by molar-refractivity contribution is 0.324. The number of allylic oxidation sites excluding steroid dienone is 1. The van der Waals surface area contributed by atoms with Crippen LogP contribution in [0.2, 0.25) is 0 Å². The molecular formula is C22H33NS2. The van der Waals surface area contributed by atoms with Crippen molar-refractivity contribution in [3.05, 3.63) is 35.9 Å². The van der Waals surface area contributed by atoms with E-state index < -0.39 is 0 Å². The smallest absolute Gasteiger partial charge is 0.151 e. The van der Waals surface area contributed by atoms with Crippen molar-refractivity contribution in [3.8, 4) is 0 Å². The van der Waals surface area contributed by atoms with Gasteiger partial charge in [0.2, 0.25) is 0 Å². The average molecular weight is 376 g/mol. The molecule has 2 rings (SSSR count). The Morgan fingerprint density at radius 2 is 1.88 bits per heavy atom. The van der Waals surface area contributed by atoms with Crippen LogP contribution in [0.3, 0.4) is 0 Å². The van der Waals surface area contributed by atoms with Crippen LogP contribution >= 0.6 is 23.1 Å². The first-order valence-electron chi connectivity index (χ1n) is 9.35. The zero-order valence-electron chi connectivity index (χ0n) is 16.7. The van der Waals surface area contributed by atoms with Gasteiger partial charge in [0.1, 0.15) is 0 Å². The summed E-state index contributed by atoms with van der Waals surface area (Å²) in [6, 6.07) is 8.43. The number of benzene rings is 1. The third kappa shape index (κ3) is 7.15. The van der Waals surface area contributed by atoms with Gasteiger partial charge in [0.15, 0.2) is 4.34 Å². The van der Waals surface area contributed by atoms with Crippen molar-refractivity contribution in [1.82, 2.24) is 4.98 Å². The van der Waals surface area contributed by atoms with E-state index in [4.69, 9.17) is 4.98 Å². The summed E-state index contributed by atoms with van der Waals surface area (Å²) in [4.78, 5) is 4.77. The molecule has 0 unspecified atom stereocenters. The monoisotopic (exact) mass is 375 g/mol. The molecule has 2 aromatic rings. The first-order chi connectivity index (χ1) is 11.7. The highest BCUT2D eigenvalue weighted by Crippen LogP contribution is 2.34. The molecule has 0 radical (unpaired) electrons. The van der Waals surface area contributed by atoms with Crippen LogP contribution in [0, 0.1) is 10.8 Å². The maximum absolute atomic E-state index is 4.77. The maximum Gasteiger partial charge on any atom is 0.151 e. The van der Waals surface area contributed by atoms with Gasteiger partial charge in [-0.3, -0.25) is 0 Å². The van der Waals surface area contributed by atoms with E-state index in [1.54, 1.807) is 5.57 Å². The molecule has 0 aliphatic heterocycles. The van der Waals surface area contributed by atoms with Crippen molar-refractivity contribution in [1.29, 1.82) is 0 Å². The van der Waals surface area contributed by atoms with Crippen molar-refractivity contribution in [2.45, 2.75) is 71.6 Å². The lowest BCUT2D eigenvalue weighted by Gasteiger charge is -2.23. The van der Waals surface area contributed by atoms with E-state index >= 15 is 0 Å². The van der Waals surface area contributed by atoms with Gasteiger partial charge in [0.25, 0.3) is 0 Å². The highest BCUT2D eigenvalue weighted by molar-refractivity contribution is 8.01. The molecule has 0 saturated heterocycles. The van der Waals surface area contributed by atoms with E-state index in [0.29, 0.717) is 10.8 Å². The number of hydrogen-bond donors (Lipinski definition) is 0. The fraction of sp³-hybridized carbons (Fsp3) is 0.591. The summed E-state index contributed by atoms with van der Waals surface area (Å²) in [6.45, 7) is 14.0. The molecule has 0 spiro atoms. The molecule has 0 atom stereocenters. The van der Waals surface area contributed by atoms with E-state index in [1.807, 2.05) is 23.1 Å². The SMILES string of the molecule is CCC(C)(C)CC/C=C(\CSc1nc2ccccc2s1)CC(C)(C)C. The van der Waals surface area contributed by atoms with Crippen molar-refractivity contribution < 1.29 is 0 Å². The second-order valence-corrected chi connectivity index (χ2v) is 11.1. The van der Waals surface area contributed by atoms with Crippen LogP contribution < -0.4 is 0 Å². The number of nitrogens with zero attached hydrogens (tertiary/aromatic N) is 1. The van der Waals surface area contributed by atoms with Gasteiger partial charge in [-0.15, -0.1) is 11.3 Å². The molecule has 0 amide bonds. The summed E-state index contributed by atoms with van der Waals surface area (Å²) < 4.78 is 2.48. The minimum atomic E-state index is 0.334. The van der Waals surface area contributed by atoms with Crippen LogP contribution in [0.1, 0.15) is 67.2 Å². The second kappa shape index (κ2) is 8.73. The Hall–Kier alpha value is -0.800. The lowest BCUT2D eigenvalue weighted by Crippen LogP contribution is -2.10. The Bertz CT molecular complexity index is 671. The molecule has 0 fully saturated rings. The fourth-order valence-electron chi connectivity index (χ4n) is 2.77. The Kier molecular flexibility index (Phi) is 7.16. The van der Waals surface area contributed by atoms with Crippen LogP contribution in [0.4, 0.5) is 0 Å². The van der Waals surface area contributed by atoms with Crippen molar-refractivity contribution in [2.24, 2.45) is 10.8 Å². The third-order valence-corrected chi connectivity index (χ3v) is 6.91. The summed E-state index contributed by atoms with van der Waals surface area (Å²) in [5.74, 6) is 1.06. The molecule has 1 heterocycles. The summed E-state index contributed by atoms with van der Waals surface area (Å²) in [7, 11) is 0. The van der Waals surface area contributed by atoms with Crippen LogP contribution in [-0.4, -0.2) is 10.7 Å². The van der Waals surface area contributed by atoms with Gasteiger partial charge in [-0.2, -0.15) is 0 Å². The largest absolute Gasteiger partial charge is 0.230 e. The van der Waals surface area contributed by atoms with Gasteiger partial charge in [-0.1, -0.05) is 83.5 Å². The molecule has 0 N–H and O–H groups in total. The molecule has 3 heteroatoms. The highest BCUT2D eigenvalue weighted by Gasteiger charge is 2.16. The average Bonchev–Trinajstić information content (AvgIpc) is 2.94. The molecule has 138 valence electrons. The zero-order valence-corrected chi connectivity index (χ0v) is 18.3. The van der Waals surface area contributed by atoms with Crippen LogP contribution in [0.25, 0.3) is 10.2 Å². The molecule has 0 saturated carbocycles. The third-order valence-electron chi connectivity index (χ3n) is 4.62. The van der Waals surface area contributed by atoms with Gasteiger partial charge in [-0.25, -0.2) is 4.98 Å². The Morgan fingerprint density at radius 1 is 1.16 bits per heavy atom. The van der Waals surface area contributed by atoms with Crippen LogP contribution in [0.5, 0.6) is 0 Å². The normalized spacial score (nSPS) is 13.6. The van der Waals surface area contributed by atoms with Gasteiger partial charge in [0, 0.05) is 5.75 Å². The second-order valence-electron chi connectivity index (χ2n) is 8.89. The Morgan fingerprint density at radius 3 is 2.52 bits per heavy atom. The van der Waals surface area contributed by atoms with E-state index in [0.717, 1.165) is 17.7 Å². The van der Waals surface area contributed by atoms with Gasteiger partial charge in [0.05, 0.1) is 10.2 Å². The molecule has 0 aliphatic rings. The summed E-state index contributed by atoms with van der Waals surface area (Å²) in [5, 5.41) is 0. The molecule has 0 bridgehead atoms. The fourth-order valence-corrected chi connectivity index (χ4v) is 4.84. The number of hydrogen-bond acceptors (Lipinski definition) is 3. The maximum atomic E-state index is 4.77. The predicted octanol–water partition coefficient (Wildman–Crippen LogP) is 7.97. The lowest BCUT2D eigenvalue weighted by atomic mass is 9.84. The minimum Gasteiger partial charge on any atom is -0.230 e. The molecular weight excluding hydrogens is 342 g/mol.